The van der Waals surface area contributed by atoms with Crippen molar-refractivity contribution in [2.75, 3.05) is 13.1 Å². The Labute approximate surface area is 191 Å². The summed E-state index contributed by atoms with van der Waals surface area (Å²) < 4.78 is 6.99. The fourth-order valence-electron chi connectivity index (χ4n) is 4.18. The second-order valence-corrected chi connectivity index (χ2v) is 8.87. The lowest BCUT2D eigenvalue weighted by Crippen LogP contribution is -2.39. The van der Waals surface area contributed by atoms with Crippen LogP contribution in [0.25, 0.3) is 0 Å². The highest BCUT2D eigenvalue weighted by Gasteiger charge is 2.30. The molecule has 0 spiro atoms. The Kier molecular flexibility index (Phi) is 7.05. The molecule has 0 amide bonds. The number of ether oxygens (including phenoxy) is 1. The van der Waals surface area contributed by atoms with E-state index < -0.39 is 5.97 Å². The van der Waals surface area contributed by atoms with Crippen LogP contribution in [0.15, 0.2) is 83.3 Å². The van der Waals surface area contributed by atoms with E-state index in [0.717, 1.165) is 28.9 Å². The predicted octanol–water partition coefficient (Wildman–Crippen LogP) is 5.91. The molecule has 3 aromatic rings. The van der Waals surface area contributed by atoms with Gasteiger partial charge in [0.2, 0.25) is 0 Å². The molecular weight excluding hydrogens is 454 g/mol. The van der Waals surface area contributed by atoms with Gasteiger partial charge in [0.05, 0.1) is 12.0 Å². The van der Waals surface area contributed by atoms with Crippen molar-refractivity contribution in [3.8, 4) is 5.75 Å². The highest BCUT2D eigenvalue weighted by atomic mass is 79.9. The number of carboxylic acids is 1. The van der Waals surface area contributed by atoms with Gasteiger partial charge in [0, 0.05) is 4.47 Å². The first-order chi connectivity index (χ1) is 15.1. The zero-order chi connectivity index (χ0) is 21.6. The van der Waals surface area contributed by atoms with E-state index >= 15 is 0 Å². The van der Waals surface area contributed by atoms with Gasteiger partial charge >= 0.3 is 5.97 Å². The Balaban J connectivity index is 1.53. The minimum atomic E-state index is -0.682. The van der Waals surface area contributed by atoms with Gasteiger partial charge < -0.3 is 9.84 Å². The summed E-state index contributed by atoms with van der Waals surface area (Å²) in [6, 6.07) is 26.9. The fraction of sp³-hybridized carbons (Fsp3) is 0.269. The smallest absolute Gasteiger partial charge is 0.306 e. The first-order valence-electron chi connectivity index (χ1n) is 10.6. The van der Waals surface area contributed by atoms with E-state index in [9.17, 15) is 9.90 Å². The lowest BCUT2D eigenvalue weighted by molar-refractivity contribution is -0.143. The van der Waals surface area contributed by atoms with Crippen LogP contribution in [0.3, 0.4) is 0 Å². The van der Waals surface area contributed by atoms with Crippen LogP contribution >= 0.6 is 15.9 Å². The number of nitrogens with zero attached hydrogens (tertiary/aromatic N) is 1. The van der Waals surface area contributed by atoms with Crippen molar-refractivity contribution >= 4 is 21.9 Å². The average Bonchev–Trinajstić information content (AvgIpc) is 2.80. The normalized spacial score (nSPS) is 16.0. The van der Waals surface area contributed by atoms with Crippen molar-refractivity contribution in [3.63, 3.8) is 0 Å². The number of rotatable bonds is 7. The van der Waals surface area contributed by atoms with Crippen molar-refractivity contribution in [1.82, 2.24) is 4.90 Å². The molecule has 1 N–H and O–H groups in total. The molecule has 0 aromatic heterocycles. The van der Waals surface area contributed by atoms with Crippen LogP contribution in [0, 0.1) is 5.92 Å². The van der Waals surface area contributed by atoms with Crippen LogP contribution in [0.1, 0.15) is 35.6 Å². The molecule has 0 radical (unpaired) electrons. The average molecular weight is 480 g/mol. The zero-order valence-corrected chi connectivity index (χ0v) is 18.9. The fourth-order valence-corrected chi connectivity index (χ4v) is 4.60. The van der Waals surface area contributed by atoms with E-state index in [4.69, 9.17) is 4.74 Å². The van der Waals surface area contributed by atoms with Gasteiger partial charge in [-0.1, -0.05) is 70.5 Å². The maximum absolute atomic E-state index is 11.4. The summed E-state index contributed by atoms with van der Waals surface area (Å²) in [5, 5.41) is 9.36. The van der Waals surface area contributed by atoms with Crippen LogP contribution in [0.4, 0.5) is 0 Å². The Bertz CT molecular complexity index is 999. The summed E-state index contributed by atoms with van der Waals surface area (Å²) in [6.45, 7) is 2.07. The number of likely N-dealkylation sites (tertiary alicyclic amines) is 1. The first-order valence-corrected chi connectivity index (χ1v) is 11.4. The van der Waals surface area contributed by atoms with E-state index in [0.29, 0.717) is 19.4 Å². The largest absolute Gasteiger partial charge is 0.489 e. The number of carboxylic acid groups (broad SMARTS) is 1. The Morgan fingerprint density at radius 2 is 1.68 bits per heavy atom. The highest BCUT2D eigenvalue weighted by Crippen LogP contribution is 2.34. The Hall–Kier alpha value is -2.63. The molecule has 1 aliphatic rings. The van der Waals surface area contributed by atoms with E-state index in [1.807, 2.05) is 42.5 Å². The van der Waals surface area contributed by atoms with Crippen LogP contribution in [0.5, 0.6) is 5.75 Å². The second kappa shape index (κ2) is 10.1. The molecule has 1 saturated heterocycles. The van der Waals surface area contributed by atoms with E-state index in [1.54, 1.807) is 0 Å². The summed E-state index contributed by atoms with van der Waals surface area (Å²) in [5.74, 6) is -0.0862. The molecule has 0 bridgehead atoms. The highest BCUT2D eigenvalue weighted by molar-refractivity contribution is 9.10. The van der Waals surface area contributed by atoms with Gasteiger partial charge in [0.15, 0.2) is 0 Å². The molecule has 5 heteroatoms. The molecule has 31 heavy (non-hydrogen) atoms. The van der Waals surface area contributed by atoms with E-state index in [2.05, 4.69) is 57.2 Å². The topological polar surface area (TPSA) is 49.8 Å². The third-order valence-electron chi connectivity index (χ3n) is 5.85. The first kappa shape index (κ1) is 21.6. The summed E-state index contributed by atoms with van der Waals surface area (Å²) in [5.41, 5.74) is 3.51. The number of benzene rings is 3. The third-order valence-corrected chi connectivity index (χ3v) is 6.35. The molecule has 1 atom stereocenters. The van der Waals surface area contributed by atoms with Crippen molar-refractivity contribution in [3.05, 3.63) is 100 Å². The van der Waals surface area contributed by atoms with Gasteiger partial charge in [-0.3, -0.25) is 9.69 Å². The molecular formula is C26H26BrNO3. The molecule has 1 aliphatic heterocycles. The molecule has 3 aromatic carbocycles. The molecule has 0 saturated carbocycles. The van der Waals surface area contributed by atoms with Crippen LogP contribution in [0.2, 0.25) is 0 Å². The number of hydrogen-bond donors (Lipinski definition) is 1. The molecule has 160 valence electrons. The Morgan fingerprint density at radius 3 is 2.32 bits per heavy atom. The lowest BCUT2D eigenvalue weighted by atomic mass is 9.91. The maximum atomic E-state index is 11.4. The molecule has 1 fully saturated rings. The molecule has 0 aliphatic carbocycles. The number of carbonyl (C=O) groups is 1. The van der Waals surface area contributed by atoms with Crippen molar-refractivity contribution < 1.29 is 14.6 Å². The van der Waals surface area contributed by atoms with E-state index in [1.165, 1.54) is 11.1 Å². The van der Waals surface area contributed by atoms with E-state index in [-0.39, 0.29) is 12.0 Å². The SMILES string of the molecule is O=C(O)C1CCN(C(c2ccc(OCc3ccccc3)cc2)c2cccc(Br)c2)CC1. The quantitative estimate of drug-likeness (QED) is 0.457. The summed E-state index contributed by atoms with van der Waals surface area (Å²) >= 11 is 3.59. The van der Waals surface area contributed by atoms with Crippen molar-refractivity contribution in [2.24, 2.45) is 5.92 Å². The van der Waals surface area contributed by atoms with Crippen LogP contribution in [-0.4, -0.2) is 29.1 Å². The van der Waals surface area contributed by atoms with Crippen LogP contribution < -0.4 is 4.74 Å². The van der Waals surface area contributed by atoms with Gasteiger partial charge in [0.25, 0.3) is 0 Å². The van der Waals surface area contributed by atoms with Crippen molar-refractivity contribution in [1.29, 1.82) is 0 Å². The maximum Gasteiger partial charge on any atom is 0.306 e. The van der Waals surface area contributed by atoms with Crippen LogP contribution in [-0.2, 0) is 11.4 Å². The van der Waals surface area contributed by atoms with Gasteiger partial charge in [-0.15, -0.1) is 0 Å². The van der Waals surface area contributed by atoms with Gasteiger partial charge in [-0.25, -0.2) is 0 Å². The summed E-state index contributed by atoms with van der Waals surface area (Å²) in [7, 11) is 0. The Morgan fingerprint density at radius 1 is 0.968 bits per heavy atom. The molecule has 1 heterocycles. The number of halogens is 1. The number of piperidine rings is 1. The standard InChI is InChI=1S/C26H26BrNO3/c27-23-8-4-7-22(17-23)25(28-15-13-21(14-16-28)26(29)30)20-9-11-24(12-10-20)31-18-19-5-2-1-3-6-19/h1-12,17,21,25H,13-16,18H2,(H,29,30). The minimum Gasteiger partial charge on any atom is -0.489 e. The second-order valence-electron chi connectivity index (χ2n) is 7.95. The minimum absolute atomic E-state index is 0.0791. The molecule has 4 rings (SSSR count). The number of aliphatic carboxylic acids is 1. The zero-order valence-electron chi connectivity index (χ0n) is 17.3. The van der Waals surface area contributed by atoms with Gasteiger partial charge in [0.1, 0.15) is 12.4 Å². The van der Waals surface area contributed by atoms with Gasteiger partial charge in [-0.2, -0.15) is 0 Å². The predicted molar refractivity (Wildman–Crippen MR) is 125 cm³/mol. The molecule has 4 nitrogen and oxygen atoms in total. The number of hydrogen-bond acceptors (Lipinski definition) is 3. The van der Waals surface area contributed by atoms with Gasteiger partial charge in [-0.05, 0) is 66.9 Å². The monoisotopic (exact) mass is 479 g/mol. The van der Waals surface area contributed by atoms with Crippen molar-refractivity contribution in [2.45, 2.75) is 25.5 Å². The summed E-state index contributed by atoms with van der Waals surface area (Å²) in [4.78, 5) is 13.8. The summed E-state index contributed by atoms with van der Waals surface area (Å²) in [6.07, 6.45) is 1.36. The lowest BCUT2D eigenvalue weighted by Gasteiger charge is -2.37. The third kappa shape index (κ3) is 5.54. The molecule has 1 unspecified atom stereocenters.